The summed E-state index contributed by atoms with van der Waals surface area (Å²) in [4.78, 5) is 11.9. The maximum atomic E-state index is 12.7. The first-order valence-electron chi connectivity index (χ1n) is 7.13. The van der Waals surface area contributed by atoms with Crippen LogP contribution in [0, 0.1) is 5.92 Å². The van der Waals surface area contributed by atoms with Gasteiger partial charge in [-0.1, -0.05) is 19.3 Å². The molecule has 1 aromatic rings. The molecule has 0 saturated heterocycles. The highest BCUT2D eigenvalue weighted by Crippen LogP contribution is 2.35. The van der Waals surface area contributed by atoms with E-state index >= 15 is 0 Å². The van der Waals surface area contributed by atoms with Crippen LogP contribution in [-0.4, -0.2) is 5.91 Å². The highest BCUT2D eigenvalue weighted by atomic mass is 19.4. The molecule has 1 fully saturated rings. The van der Waals surface area contributed by atoms with Gasteiger partial charge in [-0.3, -0.25) is 4.79 Å². The van der Waals surface area contributed by atoms with Gasteiger partial charge in [0, 0.05) is 17.8 Å². The van der Waals surface area contributed by atoms with Crippen LogP contribution in [0.25, 0.3) is 0 Å². The monoisotopic (exact) mass is 300 g/mol. The Morgan fingerprint density at radius 1 is 1.24 bits per heavy atom. The second-order valence-corrected chi connectivity index (χ2v) is 5.56. The van der Waals surface area contributed by atoms with E-state index in [2.05, 4.69) is 5.32 Å². The van der Waals surface area contributed by atoms with Gasteiger partial charge in [0.1, 0.15) is 0 Å². The molecule has 2 rings (SSSR count). The van der Waals surface area contributed by atoms with Crippen molar-refractivity contribution in [1.82, 2.24) is 0 Å². The standard InChI is InChI=1S/C15H19F3N2O/c16-15(17,18)12-9-11(6-7-13(12)19)20-14(21)8-10-4-2-1-3-5-10/h6-7,9-10H,1-5,8,19H2,(H,20,21). The largest absolute Gasteiger partial charge is 0.418 e. The van der Waals surface area contributed by atoms with E-state index in [-0.39, 0.29) is 17.3 Å². The van der Waals surface area contributed by atoms with Gasteiger partial charge >= 0.3 is 6.18 Å². The van der Waals surface area contributed by atoms with E-state index in [1.807, 2.05) is 0 Å². The van der Waals surface area contributed by atoms with E-state index in [1.54, 1.807) is 0 Å². The van der Waals surface area contributed by atoms with Crippen molar-refractivity contribution in [3.63, 3.8) is 0 Å². The summed E-state index contributed by atoms with van der Waals surface area (Å²) in [7, 11) is 0. The molecule has 0 bridgehead atoms. The number of amides is 1. The number of nitrogen functional groups attached to an aromatic ring is 1. The summed E-state index contributed by atoms with van der Waals surface area (Å²) in [6.07, 6.45) is 1.33. The maximum absolute atomic E-state index is 12.7. The Bertz CT molecular complexity index is 508. The summed E-state index contributed by atoms with van der Waals surface area (Å²) in [5.74, 6) is 0.106. The van der Waals surface area contributed by atoms with Gasteiger partial charge in [-0.05, 0) is 37.0 Å². The molecule has 1 amide bonds. The molecule has 0 spiro atoms. The van der Waals surface area contributed by atoms with E-state index in [4.69, 9.17) is 5.73 Å². The number of nitrogens with one attached hydrogen (secondary N) is 1. The third-order valence-corrected chi connectivity index (χ3v) is 3.84. The predicted octanol–water partition coefficient (Wildman–Crippen LogP) is 4.20. The normalized spacial score (nSPS) is 16.7. The molecule has 0 aromatic heterocycles. The van der Waals surface area contributed by atoms with Crippen molar-refractivity contribution in [2.75, 3.05) is 11.1 Å². The van der Waals surface area contributed by atoms with E-state index in [0.29, 0.717) is 12.3 Å². The van der Waals surface area contributed by atoms with Gasteiger partial charge in [0.05, 0.1) is 5.56 Å². The number of carbonyl (C=O) groups excluding carboxylic acids is 1. The number of halogens is 3. The van der Waals surface area contributed by atoms with Crippen LogP contribution in [0.3, 0.4) is 0 Å². The van der Waals surface area contributed by atoms with Crippen LogP contribution in [0.1, 0.15) is 44.1 Å². The first kappa shape index (κ1) is 15.7. The summed E-state index contributed by atoms with van der Waals surface area (Å²) < 4.78 is 38.2. The molecule has 1 saturated carbocycles. The number of rotatable bonds is 3. The molecule has 0 unspecified atom stereocenters. The maximum Gasteiger partial charge on any atom is 0.418 e. The van der Waals surface area contributed by atoms with Crippen LogP contribution in [0.15, 0.2) is 18.2 Å². The molecule has 1 aliphatic carbocycles. The Balaban J connectivity index is 2.00. The van der Waals surface area contributed by atoms with Gasteiger partial charge in [-0.15, -0.1) is 0 Å². The lowest BCUT2D eigenvalue weighted by Crippen LogP contribution is -2.19. The molecule has 0 atom stereocenters. The predicted molar refractivity (Wildman–Crippen MR) is 75.7 cm³/mol. The smallest absolute Gasteiger partial charge is 0.398 e. The molecule has 6 heteroatoms. The Kier molecular flexibility index (Phi) is 4.75. The Labute approximate surface area is 121 Å². The molecule has 3 N–H and O–H groups in total. The van der Waals surface area contributed by atoms with Crippen molar-refractivity contribution < 1.29 is 18.0 Å². The quantitative estimate of drug-likeness (QED) is 0.822. The summed E-state index contributed by atoms with van der Waals surface area (Å²) in [6, 6.07) is 3.44. The van der Waals surface area contributed by atoms with Gasteiger partial charge in [0.25, 0.3) is 0 Å². The fourth-order valence-corrected chi connectivity index (χ4v) is 2.75. The molecule has 1 aliphatic rings. The molecule has 116 valence electrons. The van der Waals surface area contributed by atoms with Crippen molar-refractivity contribution >= 4 is 17.3 Å². The van der Waals surface area contributed by atoms with Crippen molar-refractivity contribution in [2.45, 2.75) is 44.7 Å². The topological polar surface area (TPSA) is 55.1 Å². The molecule has 0 aliphatic heterocycles. The van der Waals surface area contributed by atoms with Crippen LogP contribution in [0.4, 0.5) is 24.5 Å². The van der Waals surface area contributed by atoms with E-state index in [1.165, 1.54) is 18.6 Å². The zero-order chi connectivity index (χ0) is 15.5. The number of nitrogens with two attached hydrogens (primary N) is 1. The fourth-order valence-electron chi connectivity index (χ4n) is 2.75. The number of alkyl halides is 3. The zero-order valence-corrected chi connectivity index (χ0v) is 11.7. The Morgan fingerprint density at radius 2 is 1.90 bits per heavy atom. The summed E-state index contributed by atoms with van der Waals surface area (Å²) in [5, 5.41) is 2.53. The van der Waals surface area contributed by atoms with Crippen LogP contribution in [0.2, 0.25) is 0 Å². The lowest BCUT2D eigenvalue weighted by Gasteiger charge is -2.21. The lowest BCUT2D eigenvalue weighted by atomic mass is 9.87. The molecular weight excluding hydrogens is 281 g/mol. The first-order chi connectivity index (χ1) is 9.86. The summed E-state index contributed by atoms with van der Waals surface area (Å²) >= 11 is 0. The average molecular weight is 300 g/mol. The summed E-state index contributed by atoms with van der Waals surface area (Å²) in [6.45, 7) is 0. The van der Waals surface area contributed by atoms with Gasteiger partial charge in [-0.25, -0.2) is 0 Å². The van der Waals surface area contributed by atoms with E-state index in [0.717, 1.165) is 31.7 Å². The van der Waals surface area contributed by atoms with Gasteiger partial charge < -0.3 is 11.1 Å². The minimum absolute atomic E-state index is 0.136. The number of anilines is 2. The lowest BCUT2D eigenvalue weighted by molar-refractivity contribution is -0.137. The average Bonchev–Trinajstić information content (AvgIpc) is 2.41. The van der Waals surface area contributed by atoms with Crippen LogP contribution in [0.5, 0.6) is 0 Å². The van der Waals surface area contributed by atoms with Gasteiger partial charge in [0.15, 0.2) is 0 Å². The Morgan fingerprint density at radius 3 is 2.52 bits per heavy atom. The molecule has 0 radical (unpaired) electrons. The summed E-state index contributed by atoms with van der Waals surface area (Å²) in [5.41, 5.74) is 4.20. The highest BCUT2D eigenvalue weighted by Gasteiger charge is 2.33. The van der Waals surface area contributed by atoms with Crippen molar-refractivity contribution in [3.8, 4) is 0 Å². The molecule has 3 nitrogen and oxygen atoms in total. The number of hydrogen-bond donors (Lipinski definition) is 2. The van der Waals surface area contributed by atoms with Gasteiger partial charge in [-0.2, -0.15) is 13.2 Å². The molecular formula is C15H19F3N2O. The fraction of sp³-hybridized carbons (Fsp3) is 0.533. The third-order valence-electron chi connectivity index (χ3n) is 3.84. The number of hydrogen-bond acceptors (Lipinski definition) is 2. The number of carbonyl (C=O) groups is 1. The molecule has 21 heavy (non-hydrogen) atoms. The van der Waals surface area contributed by atoms with Crippen LogP contribution < -0.4 is 11.1 Å². The minimum Gasteiger partial charge on any atom is -0.398 e. The van der Waals surface area contributed by atoms with E-state index in [9.17, 15) is 18.0 Å². The highest BCUT2D eigenvalue weighted by molar-refractivity contribution is 5.91. The number of benzene rings is 1. The first-order valence-corrected chi connectivity index (χ1v) is 7.13. The van der Waals surface area contributed by atoms with Crippen molar-refractivity contribution in [3.05, 3.63) is 23.8 Å². The van der Waals surface area contributed by atoms with Gasteiger partial charge in [0.2, 0.25) is 5.91 Å². The van der Waals surface area contributed by atoms with E-state index < -0.39 is 11.7 Å². The SMILES string of the molecule is Nc1ccc(NC(=O)CC2CCCCC2)cc1C(F)(F)F. The second kappa shape index (κ2) is 6.37. The molecule has 0 heterocycles. The second-order valence-electron chi connectivity index (χ2n) is 5.56. The molecule has 1 aromatic carbocycles. The van der Waals surface area contributed by atoms with Crippen LogP contribution >= 0.6 is 0 Å². The Hall–Kier alpha value is -1.72. The zero-order valence-electron chi connectivity index (χ0n) is 11.7. The third kappa shape index (κ3) is 4.37. The van der Waals surface area contributed by atoms with Crippen molar-refractivity contribution in [1.29, 1.82) is 0 Å². The van der Waals surface area contributed by atoms with Crippen molar-refractivity contribution in [2.24, 2.45) is 5.92 Å². The minimum atomic E-state index is -4.52. The van der Waals surface area contributed by atoms with Crippen LogP contribution in [-0.2, 0) is 11.0 Å².